The van der Waals surface area contributed by atoms with Crippen molar-refractivity contribution >= 4 is 28.7 Å². The van der Waals surface area contributed by atoms with Crippen LogP contribution in [0.3, 0.4) is 0 Å². The lowest BCUT2D eigenvalue weighted by atomic mass is 10.0. The number of rotatable bonds is 5. The van der Waals surface area contributed by atoms with Crippen LogP contribution in [0.15, 0.2) is 29.2 Å². The van der Waals surface area contributed by atoms with Crippen molar-refractivity contribution in [3.63, 3.8) is 0 Å². The Morgan fingerprint density at radius 2 is 2.00 bits per heavy atom. The van der Waals surface area contributed by atoms with E-state index >= 15 is 0 Å². The number of H-pyrrole nitrogens is 1. The number of nitrogens with zero attached hydrogens (tertiary/aromatic N) is 5. The minimum absolute atomic E-state index is 0.128. The van der Waals surface area contributed by atoms with Crippen LogP contribution in [0.2, 0.25) is 0 Å². The lowest BCUT2D eigenvalue weighted by Crippen LogP contribution is -2.30. The van der Waals surface area contributed by atoms with Gasteiger partial charge in [0.25, 0.3) is 5.91 Å². The van der Waals surface area contributed by atoms with Gasteiger partial charge in [-0.3, -0.25) is 14.6 Å². The van der Waals surface area contributed by atoms with Gasteiger partial charge in [-0.25, -0.2) is 15.0 Å². The number of carbonyl (C=O) groups is 2. The van der Waals surface area contributed by atoms with Gasteiger partial charge < -0.3 is 20.1 Å². The zero-order valence-electron chi connectivity index (χ0n) is 18.3. The summed E-state index contributed by atoms with van der Waals surface area (Å²) < 4.78 is 5.47. The summed E-state index contributed by atoms with van der Waals surface area (Å²) in [6, 6.07) is 3.24. The van der Waals surface area contributed by atoms with E-state index in [1.54, 1.807) is 19.2 Å². The molecule has 1 aliphatic rings. The molecule has 11 heteroatoms. The third-order valence-corrected chi connectivity index (χ3v) is 5.55. The lowest BCUT2D eigenvalue weighted by Gasteiger charge is -2.18. The Morgan fingerprint density at radius 1 is 1.15 bits per heavy atom. The quantitative estimate of drug-likeness (QED) is 0.423. The first-order valence-electron chi connectivity index (χ1n) is 10.7. The van der Waals surface area contributed by atoms with Gasteiger partial charge in [0.05, 0.1) is 17.8 Å². The van der Waals surface area contributed by atoms with Crippen LogP contribution >= 0.6 is 0 Å². The maximum Gasteiger partial charge on any atom is 0.270 e. The summed E-state index contributed by atoms with van der Waals surface area (Å²) in [5, 5.41) is 9.64. The van der Waals surface area contributed by atoms with Gasteiger partial charge >= 0.3 is 0 Å². The molecule has 0 saturated heterocycles. The molecule has 0 aliphatic carbocycles. The number of carbonyl (C=O) groups excluding carboxylic acids is 2. The molecule has 5 rings (SSSR count). The summed E-state index contributed by atoms with van der Waals surface area (Å²) in [5.74, 6) is 1.20. The van der Waals surface area contributed by atoms with Crippen molar-refractivity contribution in [2.75, 3.05) is 5.32 Å². The van der Waals surface area contributed by atoms with E-state index in [0.717, 1.165) is 16.7 Å². The molecule has 0 saturated carbocycles. The maximum atomic E-state index is 12.9. The van der Waals surface area contributed by atoms with E-state index in [0.29, 0.717) is 41.0 Å². The highest BCUT2D eigenvalue weighted by Gasteiger charge is 2.25. The van der Waals surface area contributed by atoms with Crippen LogP contribution in [0.1, 0.15) is 66.7 Å². The Bertz CT molecular complexity index is 1370. The van der Waals surface area contributed by atoms with E-state index in [1.165, 1.54) is 6.33 Å². The highest BCUT2D eigenvalue weighted by molar-refractivity contribution is 5.99. The Labute approximate surface area is 188 Å². The SMILES string of the molecule is CC(C)c1cc2[nH]c(-c3cc([C@@H](C)NC(=O)c4ncnc5c4CCC(=O)N5)on3)nc2cn1. The summed E-state index contributed by atoms with van der Waals surface area (Å²) in [5.41, 5.74) is 3.96. The second-order valence-electron chi connectivity index (χ2n) is 8.27. The van der Waals surface area contributed by atoms with Gasteiger partial charge in [0.2, 0.25) is 5.91 Å². The molecular weight excluding hydrogens is 424 g/mol. The van der Waals surface area contributed by atoms with Crippen LogP contribution in [0.5, 0.6) is 0 Å². The maximum absolute atomic E-state index is 12.9. The van der Waals surface area contributed by atoms with E-state index in [-0.39, 0.29) is 23.9 Å². The minimum atomic E-state index is -0.471. The molecule has 2 amide bonds. The molecule has 11 nitrogen and oxygen atoms in total. The van der Waals surface area contributed by atoms with E-state index in [2.05, 4.69) is 54.6 Å². The number of hydrogen-bond acceptors (Lipinski definition) is 8. The topological polar surface area (TPSA) is 152 Å². The summed E-state index contributed by atoms with van der Waals surface area (Å²) >= 11 is 0. The van der Waals surface area contributed by atoms with E-state index in [9.17, 15) is 9.59 Å². The van der Waals surface area contributed by atoms with Crippen LogP contribution in [0, 0.1) is 0 Å². The Hall–Kier alpha value is -4.15. The number of anilines is 1. The van der Waals surface area contributed by atoms with Gasteiger partial charge in [0, 0.05) is 23.7 Å². The Balaban J connectivity index is 1.34. The molecule has 0 radical (unpaired) electrons. The molecule has 0 unspecified atom stereocenters. The third kappa shape index (κ3) is 3.93. The average Bonchev–Trinajstić information content (AvgIpc) is 3.45. The van der Waals surface area contributed by atoms with Crippen molar-refractivity contribution in [1.29, 1.82) is 0 Å². The molecular formula is C22H22N8O3. The lowest BCUT2D eigenvalue weighted by molar-refractivity contribution is -0.116. The van der Waals surface area contributed by atoms with Gasteiger partial charge in [-0.2, -0.15) is 0 Å². The number of fused-ring (bicyclic) bond motifs is 2. The van der Waals surface area contributed by atoms with Crippen LogP contribution in [-0.4, -0.2) is 41.9 Å². The van der Waals surface area contributed by atoms with Crippen LogP contribution in [0.4, 0.5) is 5.82 Å². The van der Waals surface area contributed by atoms with Crippen molar-refractivity contribution in [2.45, 2.75) is 45.6 Å². The number of pyridine rings is 1. The van der Waals surface area contributed by atoms with Crippen LogP contribution in [0.25, 0.3) is 22.6 Å². The fraction of sp³-hybridized carbons (Fsp3) is 0.318. The predicted octanol–water partition coefficient (Wildman–Crippen LogP) is 2.90. The Kier molecular flexibility index (Phi) is 5.08. The Morgan fingerprint density at radius 3 is 2.82 bits per heavy atom. The molecule has 0 fully saturated rings. The number of nitrogens with one attached hydrogen (secondary N) is 3. The number of hydrogen-bond donors (Lipinski definition) is 3. The summed E-state index contributed by atoms with van der Waals surface area (Å²) in [7, 11) is 0. The molecule has 4 aromatic heterocycles. The number of amides is 2. The van der Waals surface area contributed by atoms with E-state index in [1.807, 2.05) is 6.07 Å². The normalized spacial score (nSPS) is 14.2. The molecule has 0 spiro atoms. The second-order valence-corrected chi connectivity index (χ2v) is 8.27. The predicted molar refractivity (Wildman–Crippen MR) is 118 cm³/mol. The zero-order valence-corrected chi connectivity index (χ0v) is 18.3. The molecule has 1 atom stereocenters. The summed E-state index contributed by atoms with van der Waals surface area (Å²) in [4.78, 5) is 44.8. The van der Waals surface area contributed by atoms with Crippen molar-refractivity contribution in [3.8, 4) is 11.5 Å². The molecule has 5 heterocycles. The highest BCUT2D eigenvalue weighted by atomic mass is 16.5. The van der Waals surface area contributed by atoms with Gasteiger partial charge in [0.15, 0.2) is 11.6 Å². The smallest absolute Gasteiger partial charge is 0.270 e. The van der Waals surface area contributed by atoms with Crippen LogP contribution < -0.4 is 10.6 Å². The fourth-order valence-electron chi connectivity index (χ4n) is 3.69. The highest BCUT2D eigenvalue weighted by Crippen LogP contribution is 2.26. The van der Waals surface area contributed by atoms with Gasteiger partial charge in [-0.15, -0.1) is 0 Å². The van der Waals surface area contributed by atoms with Crippen molar-refractivity contribution in [3.05, 3.63) is 47.4 Å². The molecule has 1 aliphatic heterocycles. The number of aromatic nitrogens is 6. The fourth-order valence-corrected chi connectivity index (χ4v) is 3.69. The third-order valence-electron chi connectivity index (χ3n) is 5.55. The number of aromatic amines is 1. The molecule has 168 valence electrons. The molecule has 0 aromatic carbocycles. The average molecular weight is 446 g/mol. The molecule has 4 aromatic rings. The number of imidazole rings is 1. The summed E-state index contributed by atoms with van der Waals surface area (Å²) in [6.45, 7) is 5.95. The first kappa shape index (κ1) is 20.7. The van der Waals surface area contributed by atoms with E-state index < -0.39 is 6.04 Å². The standard InChI is InChI=1S/C22H22N8O3/c1-10(2)13-6-14-16(8-23-13)28-21(27-14)15-7-17(33-30-15)11(3)26-22(32)19-12-4-5-18(31)29-20(12)25-9-24-19/h6-11H,4-5H2,1-3H3,(H,26,32)(H,27,28)(H,24,25,29,31)/t11-/m1/s1. The van der Waals surface area contributed by atoms with Gasteiger partial charge in [-0.05, 0) is 25.3 Å². The second kappa shape index (κ2) is 8.08. The van der Waals surface area contributed by atoms with Gasteiger partial charge in [-0.1, -0.05) is 19.0 Å². The van der Waals surface area contributed by atoms with E-state index in [4.69, 9.17) is 4.52 Å². The minimum Gasteiger partial charge on any atom is -0.358 e. The van der Waals surface area contributed by atoms with Crippen molar-refractivity contribution in [2.24, 2.45) is 0 Å². The summed E-state index contributed by atoms with van der Waals surface area (Å²) in [6.07, 6.45) is 3.69. The van der Waals surface area contributed by atoms with Gasteiger partial charge in [0.1, 0.15) is 29.0 Å². The molecule has 3 N–H and O–H groups in total. The largest absolute Gasteiger partial charge is 0.358 e. The molecule has 33 heavy (non-hydrogen) atoms. The van der Waals surface area contributed by atoms with Crippen LogP contribution in [-0.2, 0) is 11.2 Å². The van der Waals surface area contributed by atoms with Crippen molar-refractivity contribution < 1.29 is 14.1 Å². The zero-order chi connectivity index (χ0) is 23.1. The first-order valence-corrected chi connectivity index (χ1v) is 10.7. The monoisotopic (exact) mass is 446 g/mol. The first-order chi connectivity index (χ1) is 15.9. The van der Waals surface area contributed by atoms with Crippen molar-refractivity contribution in [1.82, 2.24) is 35.4 Å². The molecule has 0 bridgehead atoms.